The van der Waals surface area contributed by atoms with E-state index in [4.69, 9.17) is 15.6 Å². The monoisotopic (exact) mass is 197 g/mol. The highest BCUT2D eigenvalue weighted by Gasteiger charge is 2.13. The number of nitrogens with two attached hydrogens (primary N) is 1. The van der Waals surface area contributed by atoms with E-state index < -0.39 is 5.97 Å². The molecule has 1 rings (SSSR count). The number of hydrogen-bond donors (Lipinski definition) is 2. The van der Waals surface area contributed by atoms with Crippen molar-refractivity contribution in [3.63, 3.8) is 0 Å². The summed E-state index contributed by atoms with van der Waals surface area (Å²) in [7, 11) is 1.41. The summed E-state index contributed by atoms with van der Waals surface area (Å²) in [6, 6.07) is 0. The van der Waals surface area contributed by atoms with E-state index in [1.165, 1.54) is 7.11 Å². The molecular formula is C8H11N3O3. The Hall–Kier alpha value is -1.85. The maximum atomic E-state index is 10.5. The molecule has 0 aliphatic heterocycles. The van der Waals surface area contributed by atoms with Crippen LogP contribution in [0.1, 0.15) is 11.3 Å². The molecular weight excluding hydrogens is 186 g/mol. The summed E-state index contributed by atoms with van der Waals surface area (Å²) >= 11 is 0. The molecule has 1 aromatic rings. The zero-order chi connectivity index (χ0) is 10.7. The van der Waals surface area contributed by atoms with Gasteiger partial charge in [-0.2, -0.15) is 4.98 Å². The molecule has 1 heterocycles. The van der Waals surface area contributed by atoms with Gasteiger partial charge in [0, 0.05) is 5.56 Å². The molecule has 0 fully saturated rings. The Morgan fingerprint density at radius 1 is 1.57 bits per heavy atom. The number of rotatable bonds is 3. The van der Waals surface area contributed by atoms with Gasteiger partial charge in [0.2, 0.25) is 11.8 Å². The Labute approximate surface area is 80.7 Å². The van der Waals surface area contributed by atoms with Gasteiger partial charge >= 0.3 is 5.97 Å². The molecule has 0 atom stereocenters. The van der Waals surface area contributed by atoms with Gasteiger partial charge in [-0.15, -0.1) is 0 Å². The van der Waals surface area contributed by atoms with E-state index in [0.717, 1.165) is 0 Å². The van der Waals surface area contributed by atoms with Crippen molar-refractivity contribution in [2.24, 2.45) is 0 Å². The molecule has 6 heteroatoms. The molecule has 0 unspecified atom stereocenters. The fourth-order valence-corrected chi connectivity index (χ4v) is 1.11. The van der Waals surface area contributed by atoms with Crippen molar-refractivity contribution in [2.75, 3.05) is 12.8 Å². The molecule has 0 aliphatic carbocycles. The highest BCUT2D eigenvalue weighted by molar-refractivity contribution is 5.71. The molecule has 1 aromatic heterocycles. The molecule has 14 heavy (non-hydrogen) atoms. The van der Waals surface area contributed by atoms with Gasteiger partial charge in [-0.25, -0.2) is 4.98 Å². The molecule has 3 N–H and O–H groups in total. The molecule has 0 aliphatic rings. The Morgan fingerprint density at radius 2 is 2.21 bits per heavy atom. The highest BCUT2D eigenvalue weighted by Crippen LogP contribution is 2.19. The van der Waals surface area contributed by atoms with E-state index in [9.17, 15) is 4.79 Å². The van der Waals surface area contributed by atoms with Gasteiger partial charge in [0.25, 0.3) is 0 Å². The molecule has 0 saturated carbocycles. The molecule has 0 bridgehead atoms. The van der Waals surface area contributed by atoms with E-state index in [0.29, 0.717) is 11.3 Å². The number of ether oxygens (including phenoxy) is 1. The zero-order valence-corrected chi connectivity index (χ0v) is 7.94. The number of carboxylic acid groups (broad SMARTS) is 1. The summed E-state index contributed by atoms with van der Waals surface area (Å²) in [5.74, 6) is -0.661. The number of nitrogens with zero attached hydrogens (tertiary/aromatic N) is 2. The largest absolute Gasteiger partial charge is 0.481 e. The minimum absolute atomic E-state index is 0.0773. The number of aromatic nitrogens is 2. The van der Waals surface area contributed by atoms with Gasteiger partial charge < -0.3 is 15.6 Å². The maximum absolute atomic E-state index is 10.5. The number of hydrogen-bond acceptors (Lipinski definition) is 5. The van der Waals surface area contributed by atoms with Crippen molar-refractivity contribution in [3.8, 4) is 5.88 Å². The van der Waals surface area contributed by atoms with Crippen LogP contribution in [-0.2, 0) is 11.2 Å². The molecule has 0 saturated heterocycles. The van der Waals surface area contributed by atoms with Gasteiger partial charge in [0.05, 0.1) is 19.2 Å². The lowest BCUT2D eigenvalue weighted by molar-refractivity contribution is -0.136. The summed E-state index contributed by atoms with van der Waals surface area (Å²) in [5, 5.41) is 8.64. The van der Waals surface area contributed by atoms with Crippen molar-refractivity contribution in [2.45, 2.75) is 13.3 Å². The second kappa shape index (κ2) is 3.91. The topological polar surface area (TPSA) is 98.3 Å². The lowest BCUT2D eigenvalue weighted by Gasteiger charge is -2.08. The van der Waals surface area contributed by atoms with Gasteiger partial charge in [-0.05, 0) is 6.92 Å². The number of anilines is 1. The minimum Gasteiger partial charge on any atom is -0.481 e. The molecule has 0 radical (unpaired) electrons. The first-order valence-corrected chi connectivity index (χ1v) is 3.93. The third kappa shape index (κ3) is 2.09. The quantitative estimate of drug-likeness (QED) is 0.707. The second-order valence-electron chi connectivity index (χ2n) is 2.73. The summed E-state index contributed by atoms with van der Waals surface area (Å²) in [6.45, 7) is 1.67. The predicted octanol–water partition coefficient (Wildman–Crippen LogP) is 0.00292. The van der Waals surface area contributed by atoms with Gasteiger partial charge in [-0.3, -0.25) is 4.79 Å². The van der Waals surface area contributed by atoms with Gasteiger partial charge in [0.1, 0.15) is 0 Å². The van der Waals surface area contributed by atoms with E-state index in [1.807, 2.05) is 0 Å². The first-order chi connectivity index (χ1) is 6.54. The van der Waals surface area contributed by atoms with Crippen molar-refractivity contribution in [1.82, 2.24) is 9.97 Å². The van der Waals surface area contributed by atoms with E-state index in [1.54, 1.807) is 6.92 Å². The second-order valence-corrected chi connectivity index (χ2v) is 2.73. The first kappa shape index (κ1) is 10.2. The van der Waals surface area contributed by atoms with Crippen LogP contribution in [0.25, 0.3) is 0 Å². The number of nitrogen functional groups attached to an aromatic ring is 1. The SMILES string of the molecule is COc1nc(N)nc(C)c1CC(=O)O. The van der Waals surface area contributed by atoms with Gasteiger partial charge in [0.15, 0.2) is 0 Å². The Bertz CT molecular complexity index is 365. The molecule has 0 aromatic carbocycles. The lowest BCUT2D eigenvalue weighted by Crippen LogP contribution is -2.09. The Balaban J connectivity index is 3.18. The Kier molecular flexibility index (Phi) is 2.85. The third-order valence-electron chi connectivity index (χ3n) is 1.71. The summed E-state index contributed by atoms with van der Waals surface area (Å²) in [6.07, 6.45) is -0.171. The fourth-order valence-electron chi connectivity index (χ4n) is 1.11. The van der Waals surface area contributed by atoms with Crippen LogP contribution in [0.2, 0.25) is 0 Å². The summed E-state index contributed by atoms with van der Waals surface area (Å²) in [5.41, 5.74) is 6.36. The minimum atomic E-state index is -0.959. The average molecular weight is 197 g/mol. The zero-order valence-electron chi connectivity index (χ0n) is 7.94. The smallest absolute Gasteiger partial charge is 0.308 e. The molecule has 6 nitrogen and oxygen atoms in total. The standard InChI is InChI=1S/C8H11N3O3/c1-4-5(3-6(12)13)7(14-2)11-8(9)10-4/h3H2,1-2H3,(H,12,13)(H2,9,10,11). The maximum Gasteiger partial charge on any atom is 0.308 e. The predicted molar refractivity (Wildman–Crippen MR) is 49.1 cm³/mol. The van der Waals surface area contributed by atoms with Crippen LogP contribution in [0.3, 0.4) is 0 Å². The normalized spacial score (nSPS) is 9.86. The van der Waals surface area contributed by atoms with Crippen LogP contribution >= 0.6 is 0 Å². The number of aryl methyl sites for hydroxylation is 1. The lowest BCUT2D eigenvalue weighted by atomic mass is 10.1. The number of carboxylic acids is 1. The third-order valence-corrected chi connectivity index (χ3v) is 1.71. The fraction of sp³-hybridized carbons (Fsp3) is 0.375. The van der Waals surface area contributed by atoms with Crippen LogP contribution in [0.5, 0.6) is 5.88 Å². The van der Waals surface area contributed by atoms with Crippen LogP contribution in [-0.4, -0.2) is 28.2 Å². The molecule has 76 valence electrons. The highest BCUT2D eigenvalue weighted by atomic mass is 16.5. The molecule has 0 amide bonds. The number of methoxy groups -OCH3 is 1. The Morgan fingerprint density at radius 3 is 2.71 bits per heavy atom. The van der Waals surface area contributed by atoms with E-state index in [-0.39, 0.29) is 18.2 Å². The average Bonchev–Trinajstić information content (AvgIpc) is 2.08. The first-order valence-electron chi connectivity index (χ1n) is 3.93. The van der Waals surface area contributed by atoms with E-state index >= 15 is 0 Å². The summed E-state index contributed by atoms with van der Waals surface area (Å²) in [4.78, 5) is 18.2. The van der Waals surface area contributed by atoms with E-state index in [2.05, 4.69) is 9.97 Å². The number of aliphatic carboxylic acids is 1. The van der Waals surface area contributed by atoms with Crippen LogP contribution in [0.15, 0.2) is 0 Å². The number of carbonyl (C=O) groups is 1. The van der Waals surface area contributed by atoms with Crippen molar-refractivity contribution >= 4 is 11.9 Å². The van der Waals surface area contributed by atoms with Crippen LogP contribution in [0.4, 0.5) is 5.95 Å². The molecule has 0 spiro atoms. The van der Waals surface area contributed by atoms with Crippen LogP contribution < -0.4 is 10.5 Å². The van der Waals surface area contributed by atoms with Crippen molar-refractivity contribution in [3.05, 3.63) is 11.3 Å². The van der Waals surface area contributed by atoms with Gasteiger partial charge in [-0.1, -0.05) is 0 Å². The van der Waals surface area contributed by atoms with Crippen molar-refractivity contribution in [1.29, 1.82) is 0 Å². The van der Waals surface area contributed by atoms with Crippen LogP contribution in [0, 0.1) is 6.92 Å². The summed E-state index contributed by atoms with van der Waals surface area (Å²) < 4.78 is 4.91. The van der Waals surface area contributed by atoms with Crippen molar-refractivity contribution < 1.29 is 14.6 Å².